The van der Waals surface area contributed by atoms with Crippen molar-refractivity contribution in [3.63, 3.8) is 0 Å². The van der Waals surface area contributed by atoms with Gasteiger partial charge in [0.15, 0.2) is 0 Å². The zero-order valence-electron chi connectivity index (χ0n) is 16.3. The molecule has 1 aromatic heterocycles. The van der Waals surface area contributed by atoms with Crippen LogP contribution in [0.3, 0.4) is 0 Å². The number of amides is 2. The molecular formula is C21H23FN6O. The van der Waals surface area contributed by atoms with Gasteiger partial charge in [0.25, 0.3) is 0 Å². The van der Waals surface area contributed by atoms with Gasteiger partial charge in [-0.2, -0.15) is 4.98 Å². The molecular weight excluding hydrogens is 371 g/mol. The number of nitrogens with zero attached hydrogens (tertiary/aromatic N) is 2. The number of halogens is 1. The van der Waals surface area contributed by atoms with Gasteiger partial charge in [0.2, 0.25) is 5.95 Å². The molecule has 0 saturated heterocycles. The van der Waals surface area contributed by atoms with Crippen LogP contribution in [0.4, 0.5) is 32.3 Å². The summed E-state index contributed by atoms with van der Waals surface area (Å²) in [7, 11) is 0. The van der Waals surface area contributed by atoms with Gasteiger partial charge < -0.3 is 21.3 Å². The Kier molecular flexibility index (Phi) is 6.57. The highest BCUT2D eigenvalue weighted by atomic mass is 19.1. The summed E-state index contributed by atoms with van der Waals surface area (Å²) < 4.78 is 13.1. The predicted octanol–water partition coefficient (Wildman–Crippen LogP) is 4.21. The molecule has 0 aliphatic carbocycles. The first kappa shape index (κ1) is 20.1. The van der Waals surface area contributed by atoms with Gasteiger partial charge in [-0.05, 0) is 44.2 Å². The highest BCUT2D eigenvalue weighted by Gasteiger charge is 2.05. The van der Waals surface area contributed by atoms with Crippen LogP contribution in [-0.2, 0) is 0 Å². The van der Waals surface area contributed by atoms with Crippen molar-refractivity contribution in [1.29, 1.82) is 0 Å². The number of aromatic nitrogens is 2. The van der Waals surface area contributed by atoms with Crippen LogP contribution in [0.25, 0.3) is 0 Å². The standard InChI is InChI=1S/C21H23FN6O/c1-14-6-8-17(9-7-14)26-19-12-15(2)25-20(28-19)23-10-11-24-21(29)27-18-5-3-4-16(22)13-18/h3-9,12-13H,10-11H2,1-2H3,(H2,24,27,29)(H2,23,25,26,28). The number of aryl methyl sites for hydroxylation is 2. The van der Waals surface area contributed by atoms with E-state index in [4.69, 9.17) is 0 Å². The number of benzene rings is 2. The lowest BCUT2D eigenvalue weighted by atomic mass is 10.2. The van der Waals surface area contributed by atoms with E-state index in [1.165, 1.54) is 23.8 Å². The molecule has 0 spiro atoms. The van der Waals surface area contributed by atoms with Gasteiger partial charge in [-0.15, -0.1) is 0 Å². The number of carbonyl (C=O) groups excluding carboxylic acids is 1. The van der Waals surface area contributed by atoms with Crippen LogP contribution in [-0.4, -0.2) is 29.1 Å². The summed E-state index contributed by atoms with van der Waals surface area (Å²) in [6.45, 7) is 4.70. The third-order valence-corrected chi connectivity index (χ3v) is 3.95. The zero-order valence-corrected chi connectivity index (χ0v) is 16.3. The fourth-order valence-corrected chi connectivity index (χ4v) is 2.59. The number of urea groups is 1. The zero-order chi connectivity index (χ0) is 20.6. The number of carbonyl (C=O) groups is 1. The van der Waals surface area contributed by atoms with E-state index in [9.17, 15) is 9.18 Å². The number of nitrogens with one attached hydrogen (secondary N) is 4. The summed E-state index contributed by atoms with van der Waals surface area (Å²) in [5.41, 5.74) is 3.33. The van der Waals surface area contributed by atoms with Crippen LogP contribution in [0.5, 0.6) is 0 Å². The summed E-state index contributed by atoms with van der Waals surface area (Å²) >= 11 is 0. The van der Waals surface area contributed by atoms with E-state index in [-0.39, 0.29) is 0 Å². The number of anilines is 4. The maximum atomic E-state index is 13.1. The normalized spacial score (nSPS) is 10.3. The average Bonchev–Trinajstić information content (AvgIpc) is 2.67. The van der Waals surface area contributed by atoms with Crippen molar-refractivity contribution in [2.24, 2.45) is 0 Å². The minimum Gasteiger partial charge on any atom is -0.352 e. The van der Waals surface area contributed by atoms with Crippen molar-refractivity contribution in [3.05, 3.63) is 71.7 Å². The smallest absolute Gasteiger partial charge is 0.319 e. The fraction of sp³-hybridized carbons (Fsp3) is 0.190. The number of hydrogen-bond donors (Lipinski definition) is 4. The topological polar surface area (TPSA) is 91.0 Å². The Labute approximate surface area is 168 Å². The van der Waals surface area contributed by atoms with Crippen molar-refractivity contribution < 1.29 is 9.18 Å². The highest BCUT2D eigenvalue weighted by molar-refractivity contribution is 5.89. The first-order chi connectivity index (χ1) is 14.0. The summed E-state index contributed by atoms with van der Waals surface area (Å²) in [6.07, 6.45) is 0. The predicted molar refractivity (Wildman–Crippen MR) is 113 cm³/mol. The number of hydrogen-bond acceptors (Lipinski definition) is 5. The fourth-order valence-electron chi connectivity index (χ4n) is 2.59. The molecule has 2 amide bonds. The Bertz CT molecular complexity index is 977. The minimum absolute atomic E-state index is 0.346. The third kappa shape index (κ3) is 6.46. The lowest BCUT2D eigenvalue weighted by Crippen LogP contribution is -2.32. The summed E-state index contributed by atoms with van der Waals surface area (Å²) in [6, 6.07) is 15.2. The third-order valence-electron chi connectivity index (χ3n) is 3.95. The Morgan fingerprint density at radius 3 is 2.52 bits per heavy atom. The van der Waals surface area contributed by atoms with Crippen LogP contribution in [0.1, 0.15) is 11.3 Å². The molecule has 7 nitrogen and oxygen atoms in total. The average molecular weight is 394 g/mol. The van der Waals surface area contributed by atoms with Crippen molar-refractivity contribution in [3.8, 4) is 0 Å². The van der Waals surface area contributed by atoms with Crippen LogP contribution in [0, 0.1) is 19.7 Å². The molecule has 3 rings (SSSR count). The van der Waals surface area contributed by atoms with Crippen molar-refractivity contribution in [1.82, 2.24) is 15.3 Å². The van der Waals surface area contributed by atoms with Crippen LogP contribution in [0.15, 0.2) is 54.6 Å². The molecule has 0 fully saturated rings. The molecule has 0 aliphatic heterocycles. The lowest BCUT2D eigenvalue weighted by molar-refractivity contribution is 0.252. The summed E-state index contributed by atoms with van der Waals surface area (Å²) in [5, 5.41) is 11.6. The molecule has 1 heterocycles. The quantitative estimate of drug-likeness (QED) is 0.451. The Balaban J connectivity index is 1.48. The van der Waals surface area contributed by atoms with Gasteiger partial charge in [0.1, 0.15) is 11.6 Å². The molecule has 8 heteroatoms. The molecule has 29 heavy (non-hydrogen) atoms. The monoisotopic (exact) mass is 394 g/mol. The highest BCUT2D eigenvalue weighted by Crippen LogP contribution is 2.17. The van der Waals surface area contributed by atoms with Gasteiger partial charge in [-0.1, -0.05) is 23.8 Å². The second-order valence-corrected chi connectivity index (χ2v) is 6.53. The molecule has 0 saturated carbocycles. The van der Waals surface area contributed by atoms with E-state index in [0.29, 0.717) is 30.5 Å². The Hall–Kier alpha value is -3.68. The van der Waals surface area contributed by atoms with Crippen molar-refractivity contribution >= 4 is 29.2 Å². The summed E-state index contributed by atoms with van der Waals surface area (Å²) in [4.78, 5) is 20.7. The molecule has 0 bridgehead atoms. The van der Waals surface area contributed by atoms with E-state index in [0.717, 1.165) is 11.4 Å². The van der Waals surface area contributed by atoms with E-state index in [1.54, 1.807) is 6.07 Å². The van der Waals surface area contributed by atoms with Crippen LogP contribution in [0.2, 0.25) is 0 Å². The van der Waals surface area contributed by atoms with E-state index in [2.05, 4.69) is 31.2 Å². The van der Waals surface area contributed by atoms with Gasteiger partial charge in [0.05, 0.1) is 0 Å². The molecule has 3 aromatic rings. The van der Waals surface area contributed by atoms with Crippen LogP contribution < -0.4 is 21.3 Å². The van der Waals surface area contributed by atoms with Crippen LogP contribution >= 0.6 is 0 Å². The van der Waals surface area contributed by atoms with E-state index >= 15 is 0 Å². The largest absolute Gasteiger partial charge is 0.352 e. The molecule has 0 atom stereocenters. The van der Waals surface area contributed by atoms with E-state index < -0.39 is 11.8 Å². The SMILES string of the molecule is Cc1ccc(Nc2cc(C)nc(NCCNC(=O)Nc3cccc(F)c3)n2)cc1. The lowest BCUT2D eigenvalue weighted by Gasteiger charge is -2.11. The number of rotatable bonds is 7. The molecule has 0 radical (unpaired) electrons. The van der Waals surface area contributed by atoms with Gasteiger partial charge in [-0.3, -0.25) is 0 Å². The molecule has 2 aromatic carbocycles. The first-order valence-electron chi connectivity index (χ1n) is 9.21. The van der Waals surface area contributed by atoms with Gasteiger partial charge >= 0.3 is 6.03 Å². The maximum Gasteiger partial charge on any atom is 0.319 e. The first-order valence-corrected chi connectivity index (χ1v) is 9.21. The Morgan fingerprint density at radius 1 is 0.966 bits per heavy atom. The Morgan fingerprint density at radius 2 is 1.76 bits per heavy atom. The molecule has 0 aliphatic rings. The molecule has 150 valence electrons. The van der Waals surface area contributed by atoms with Gasteiger partial charge in [-0.25, -0.2) is 14.2 Å². The van der Waals surface area contributed by atoms with Gasteiger partial charge in [0, 0.05) is 36.2 Å². The summed E-state index contributed by atoms with van der Waals surface area (Å²) in [5.74, 6) is 0.740. The van der Waals surface area contributed by atoms with Crippen molar-refractivity contribution in [2.45, 2.75) is 13.8 Å². The minimum atomic E-state index is -0.413. The van der Waals surface area contributed by atoms with Crippen molar-refractivity contribution in [2.75, 3.05) is 29.0 Å². The molecule has 4 N–H and O–H groups in total. The maximum absolute atomic E-state index is 13.1. The van der Waals surface area contributed by atoms with E-state index in [1.807, 2.05) is 44.2 Å². The second-order valence-electron chi connectivity index (χ2n) is 6.53. The molecule has 0 unspecified atom stereocenters. The second kappa shape index (κ2) is 9.50.